The third-order valence-electron chi connectivity index (χ3n) is 2.84. The molecule has 1 fully saturated rings. The Morgan fingerprint density at radius 1 is 1.50 bits per heavy atom. The van der Waals surface area contributed by atoms with E-state index in [1.807, 2.05) is 0 Å². The molecule has 88 valence electrons. The van der Waals surface area contributed by atoms with Crippen molar-refractivity contribution >= 4 is 5.78 Å². The number of Topliss-reactive ketones (excluding diaryl/α,β-unsaturated/α-hetero) is 1. The van der Waals surface area contributed by atoms with Gasteiger partial charge in [0.15, 0.2) is 5.82 Å². The van der Waals surface area contributed by atoms with Gasteiger partial charge >= 0.3 is 0 Å². The fourth-order valence-electron chi connectivity index (χ4n) is 2.00. The van der Waals surface area contributed by atoms with Crippen molar-refractivity contribution in [2.24, 2.45) is 5.92 Å². The Morgan fingerprint density at radius 2 is 2.25 bits per heavy atom. The highest BCUT2D eigenvalue weighted by molar-refractivity contribution is 5.77. The van der Waals surface area contributed by atoms with Crippen molar-refractivity contribution in [1.29, 1.82) is 0 Å². The van der Waals surface area contributed by atoms with Gasteiger partial charge in [-0.1, -0.05) is 5.16 Å². The lowest BCUT2D eigenvalue weighted by Gasteiger charge is -2.20. The fraction of sp³-hybridized carbons (Fsp3) is 0.727. The number of hydrogen-bond acceptors (Lipinski definition) is 5. The van der Waals surface area contributed by atoms with Gasteiger partial charge in [0.05, 0.1) is 6.42 Å². The van der Waals surface area contributed by atoms with Crippen LogP contribution in [0.25, 0.3) is 0 Å². The van der Waals surface area contributed by atoms with E-state index in [1.54, 1.807) is 0 Å². The van der Waals surface area contributed by atoms with Crippen LogP contribution in [0.2, 0.25) is 0 Å². The highest BCUT2D eigenvalue weighted by Gasteiger charge is 2.17. The number of hydrogen-bond donors (Lipinski definition) is 1. The molecule has 16 heavy (non-hydrogen) atoms. The van der Waals surface area contributed by atoms with Crippen molar-refractivity contribution in [3.05, 3.63) is 11.7 Å². The smallest absolute Gasteiger partial charge is 0.226 e. The normalized spacial score (nSPS) is 17.6. The first-order chi connectivity index (χ1) is 7.74. The van der Waals surface area contributed by atoms with Gasteiger partial charge in [0, 0.05) is 6.42 Å². The van der Waals surface area contributed by atoms with Gasteiger partial charge in [0.25, 0.3) is 0 Å². The first kappa shape index (κ1) is 11.3. The van der Waals surface area contributed by atoms with Crippen LogP contribution in [0.15, 0.2) is 4.52 Å². The lowest BCUT2D eigenvalue weighted by atomic mass is 9.95. The quantitative estimate of drug-likeness (QED) is 0.815. The maximum absolute atomic E-state index is 10.9. The zero-order valence-electron chi connectivity index (χ0n) is 9.53. The molecule has 1 aliphatic rings. The molecule has 1 saturated heterocycles. The molecule has 5 nitrogen and oxygen atoms in total. The van der Waals surface area contributed by atoms with Gasteiger partial charge in [-0.25, -0.2) is 0 Å². The maximum Gasteiger partial charge on any atom is 0.226 e. The molecule has 1 aliphatic heterocycles. The number of piperidine rings is 1. The minimum atomic E-state index is 0.0641. The fourth-order valence-corrected chi connectivity index (χ4v) is 2.00. The Bertz CT molecular complexity index is 356. The second-order valence-electron chi connectivity index (χ2n) is 4.38. The highest BCUT2D eigenvalue weighted by Crippen LogP contribution is 2.16. The molecule has 1 N–H and O–H groups in total. The summed E-state index contributed by atoms with van der Waals surface area (Å²) in [5, 5.41) is 7.12. The highest BCUT2D eigenvalue weighted by atomic mass is 16.5. The van der Waals surface area contributed by atoms with Gasteiger partial charge in [-0.15, -0.1) is 0 Å². The van der Waals surface area contributed by atoms with Crippen molar-refractivity contribution in [3.63, 3.8) is 0 Å². The van der Waals surface area contributed by atoms with E-state index in [0.717, 1.165) is 32.4 Å². The standard InChI is InChI=1S/C11H17N3O2/c1-8(15)6-10-13-11(16-14-10)7-9-2-4-12-5-3-9/h9,12H,2-7H2,1H3. The number of aromatic nitrogens is 2. The summed E-state index contributed by atoms with van der Waals surface area (Å²) in [6.07, 6.45) is 3.43. The van der Waals surface area contributed by atoms with Crippen molar-refractivity contribution in [2.75, 3.05) is 13.1 Å². The molecule has 0 spiro atoms. The van der Waals surface area contributed by atoms with E-state index in [1.165, 1.54) is 6.92 Å². The topological polar surface area (TPSA) is 68.0 Å². The first-order valence-electron chi connectivity index (χ1n) is 5.75. The van der Waals surface area contributed by atoms with E-state index in [4.69, 9.17) is 4.52 Å². The molecule has 1 aromatic heterocycles. The Morgan fingerprint density at radius 3 is 2.94 bits per heavy atom. The van der Waals surface area contributed by atoms with E-state index in [0.29, 0.717) is 17.6 Å². The molecule has 0 amide bonds. The number of nitrogens with one attached hydrogen (secondary N) is 1. The van der Waals surface area contributed by atoms with Crippen LogP contribution in [0.5, 0.6) is 0 Å². The summed E-state index contributed by atoms with van der Waals surface area (Å²) in [6.45, 7) is 3.67. The van der Waals surface area contributed by atoms with Gasteiger partial charge in [0.1, 0.15) is 5.78 Å². The Balaban J connectivity index is 1.88. The SMILES string of the molecule is CC(=O)Cc1noc(CC2CCNCC2)n1. The zero-order chi connectivity index (χ0) is 11.4. The second kappa shape index (κ2) is 5.21. The molecule has 0 atom stereocenters. The molecule has 0 bridgehead atoms. The van der Waals surface area contributed by atoms with E-state index >= 15 is 0 Å². The molecule has 5 heteroatoms. The van der Waals surface area contributed by atoms with Crippen molar-refractivity contribution in [1.82, 2.24) is 15.5 Å². The van der Waals surface area contributed by atoms with Crippen LogP contribution < -0.4 is 5.32 Å². The van der Waals surface area contributed by atoms with Gasteiger partial charge in [0.2, 0.25) is 5.89 Å². The predicted molar refractivity (Wildman–Crippen MR) is 58.0 cm³/mol. The molecule has 0 aromatic carbocycles. The number of rotatable bonds is 4. The Kier molecular flexibility index (Phi) is 3.66. The van der Waals surface area contributed by atoms with Gasteiger partial charge in [-0.3, -0.25) is 4.79 Å². The number of nitrogens with zero attached hydrogens (tertiary/aromatic N) is 2. The van der Waals surface area contributed by atoms with Crippen molar-refractivity contribution in [3.8, 4) is 0 Å². The number of carbonyl (C=O) groups excluding carboxylic acids is 1. The Hall–Kier alpha value is -1.23. The molecular weight excluding hydrogens is 206 g/mol. The average molecular weight is 223 g/mol. The number of ketones is 1. The largest absolute Gasteiger partial charge is 0.339 e. The summed E-state index contributed by atoms with van der Waals surface area (Å²) in [6, 6.07) is 0. The van der Waals surface area contributed by atoms with E-state index in [-0.39, 0.29) is 12.2 Å². The predicted octanol–water partition coefficient (Wildman–Crippen LogP) is 0.743. The third-order valence-corrected chi connectivity index (χ3v) is 2.84. The third kappa shape index (κ3) is 3.13. The average Bonchev–Trinajstić information content (AvgIpc) is 2.66. The lowest BCUT2D eigenvalue weighted by Crippen LogP contribution is -2.28. The summed E-state index contributed by atoms with van der Waals surface area (Å²) in [4.78, 5) is 15.1. The molecule has 1 aromatic rings. The van der Waals surface area contributed by atoms with Crippen LogP contribution in [0, 0.1) is 5.92 Å². The van der Waals surface area contributed by atoms with Crippen LogP contribution in [0.1, 0.15) is 31.5 Å². The summed E-state index contributed by atoms with van der Waals surface area (Å²) >= 11 is 0. The summed E-state index contributed by atoms with van der Waals surface area (Å²) in [5.41, 5.74) is 0. The maximum atomic E-state index is 10.9. The first-order valence-corrected chi connectivity index (χ1v) is 5.75. The van der Waals surface area contributed by atoms with Crippen LogP contribution in [0.3, 0.4) is 0 Å². The van der Waals surface area contributed by atoms with E-state index in [2.05, 4.69) is 15.5 Å². The molecule has 0 unspecified atom stereocenters. The molecule has 2 heterocycles. The number of carbonyl (C=O) groups is 1. The van der Waals surface area contributed by atoms with Gasteiger partial charge < -0.3 is 9.84 Å². The summed E-state index contributed by atoms with van der Waals surface area (Å²) < 4.78 is 5.13. The monoisotopic (exact) mass is 223 g/mol. The summed E-state index contributed by atoms with van der Waals surface area (Å²) in [5.74, 6) is 1.88. The molecule has 0 aliphatic carbocycles. The molecule has 0 saturated carbocycles. The Labute approximate surface area is 94.6 Å². The van der Waals surface area contributed by atoms with Crippen molar-refractivity contribution in [2.45, 2.75) is 32.6 Å². The van der Waals surface area contributed by atoms with E-state index < -0.39 is 0 Å². The van der Waals surface area contributed by atoms with Gasteiger partial charge in [-0.05, 0) is 38.8 Å². The summed E-state index contributed by atoms with van der Waals surface area (Å²) in [7, 11) is 0. The van der Waals surface area contributed by atoms with Crippen LogP contribution in [-0.4, -0.2) is 29.0 Å². The molecule has 2 rings (SSSR count). The van der Waals surface area contributed by atoms with E-state index in [9.17, 15) is 4.79 Å². The van der Waals surface area contributed by atoms with Crippen LogP contribution in [0.4, 0.5) is 0 Å². The zero-order valence-corrected chi connectivity index (χ0v) is 9.53. The van der Waals surface area contributed by atoms with Crippen LogP contribution in [-0.2, 0) is 17.6 Å². The van der Waals surface area contributed by atoms with Crippen LogP contribution >= 0.6 is 0 Å². The second-order valence-corrected chi connectivity index (χ2v) is 4.38. The lowest BCUT2D eigenvalue weighted by molar-refractivity contribution is -0.116. The van der Waals surface area contributed by atoms with Crippen molar-refractivity contribution < 1.29 is 9.32 Å². The molecule has 0 radical (unpaired) electrons. The molecular formula is C11H17N3O2. The minimum absolute atomic E-state index is 0.0641. The minimum Gasteiger partial charge on any atom is -0.339 e. The van der Waals surface area contributed by atoms with Gasteiger partial charge in [-0.2, -0.15) is 4.98 Å².